The van der Waals surface area contributed by atoms with Gasteiger partial charge in [-0.15, -0.1) is 24.0 Å². The lowest BCUT2D eigenvalue weighted by Crippen LogP contribution is -2.36. The molecule has 0 unspecified atom stereocenters. The first-order valence-electron chi connectivity index (χ1n) is 6.55. The molecule has 5 nitrogen and oxygen atoms in total. The molecule has 0 spiro atoms. The Balaban J connectivity index is 0.00000220. The molecule has 0 amide bonds. The molecule has 2 N–H and O–H groups in total. The fourth-order valence-electron chi connectivity index (χ4n) is 1.77. The highest BCUT2D eigenvalue weighted by molar-refractivity contribution is 14.0. The van der Waals surface area contributed by atoms with E-state index in [1.165, 1.54) is 0 Å². The number of aryl methyl sites for hydroxylation is 1. The Hall–Kier alpha value is -1.70. The lowest BCUT2D eigenvalue weighted by molar-refractivity contribution is 0.780. The van der Waals surface area contributed by atoms with Gasteiger partial charge in [0.25, 0.3) is 0 Å². The Morgan fingerprint density at radius 3 is 2.38 bits per heavy atom. The van der Waals surface area contributed by atoms with E-state index in [4.69, 9.17) is 0 Å². The Morgan fingerprint density at radius 1 is 1.05 bits per heavy atom. The number of guanidine groups is 1. The minimum absolute atomic E-state index is 0. The van der Waals surface area contributed by atoms with E-state index in [0.717, 1.165) is 23.0 Å². The van der Waals surface area contributed by atoms with Crippen LogP contribution < -0.4 is 10.6 Å². The van der Waals surface area contributed by atoms with Gasteiger partial charge in [-0.05, 0) is 31.2 Å². The highest BCUT2D eigenvalue weighted by Crippen LogP contribution is 1.97. The number of aromatic nitrogens is 2. The molecule has 0 aliphatic carbocycles. The molecule has 6 heteroatoms. The molecule has 2 rings (SSSR count). The molecule has 0 aliphatic heterocycles. The van der Waals surface area contributed by atoms with Crippen molar-refractivity contribution in [3.8, 4) is 0 Å². The van der Waals surface area contributed by atoms with Crippen molar-refractivity contribution in [1.29, 1.82) is 0 Å². The van der Waals surface area contributed by atoms with E-state index in [1.807, 2.05) is 43.3 Å². The van der Waals surface area contributed by atoms with Crippen molar-refractivity contribution in [2.75, 3.05) is 7.05 Å². The van der Waals surface area contributed by atoms with Crippen LogP contribution in [0, 0.1) is 6.92 Å². The number of hydrogen-bond donors (Lipinski definition) is 2. The second-order valence-electron chi connectivity index (χ2n) is 4.37. The van der Waals surface area contributed by atoms with Gasteiger partial charge in [0.2, 0.25) is 0 Å². The van der Waals surface area contributed by atoms with Crippen molar-refractivity contribution >= 4 is 29.9 Å². The molecule has 0 aromatic carbocycles. The van der Waals surface area contributed by atoms with E-state index in [0.29, 0.717) is 13.1 Å². The summed E-state index contributed by atoms with van der Waals surface area (Å²) >= 11 is 0. The minimum Gasteiger partial charge on any atom is -0.351 e. The van der Waals surface area contributed by atoms with Gasteiger partial charge in [-0.25, -0.2) is 0 Å². The molecule has 0 fully saturated rings. The van der Waals surface area contributed by atoms with Gasteiger partial charge >= 0.3 is 0 Å². The maximum absolute atomic E-state index is 4.44. The SMILES string of the molecule is CN=C(NCc1ccccn1)NCc1cccc(C)n1.I. The van der Waals surface area contributed by atoms with E-state index in [1.54, 1.807) is 13.2 Å². The molecule has 112 valence electrons. The summed E-state index contributed by atoms with van der Waals surface area (Å²) in [6, 6.07) is 11.8. The van der Waals surface area contributed by atoms with Crippen LogP contribution in [0.1, 0.15) is 17.1 Å². The van der Waals surface area contributed by atoms with Gasteiger partial charge in [-0.2, -0.15) is 0 Å². The molecule has 0 saturated heterocycles. The zero-order chi connectivity index (χ0) is 14.2. The number of rotatable bonds is 4. The normalized spacial score (nSPS) is 10.7. The minimum atomic E-state index is 0. The smallest absolute Gasteiger partial charge is 0.191 e. The monoisotopic (exact) mass is 397 g/mol. The van der Waals surface area contributed by atoms with Crippen LogP contribution >= 0.6 is 24.0 Å². The van der Waals surface area contributed by atoms with Gasteiger partial charge in [-0.1, -0.05) is 12.1 Å². The molecule has 2 heterocycles. The van der Waals surface area contributed by atoms with E-state index < -0.39 is 0 Å². The van der Waals surface area contributed by atoms with Crippen LogP contribution in [-0.2, 0) is 13.1 Å². The van der Waals surface area contributed by atoms with Crippen LogP contribution in [0.3, 0.4) is 0 Å². The lowest BCUT2D eigenvalue weighted by Gasteiger charge is -2.11. The van der Waals surface area contributed by atoms with Crippen LogP contribution in [-0.4, -0.2) is 23.0 Å². The maximum atomic E-state index is 4.44. The highest BCUT2D eigenvalue weighted by Gasteiger charge is 2.00. The predicted octanol–water partition coefficient (Wildman–Crippen LogP) is 2.27. The predicted molar refractivity (Wildman–Crippen MR) is 95.7 cm³/mol. The Labute approximate surface area is 142 Å². The second kappa shape index (κ2) is 9.28. The summed E-state index contributed by atoms with van der Waals surface area (Å²) < 4.78 is 0. The number of nitrogens with zero attached hydrogens (tertiary/aromatic N) is 3. The molecule has 0 atom stereocenters. The third kappa shape index (κ3) is 6.07. The van der Waals surface area contributed by atoms with Crippen LogP contribution in [0.4, 0.5) is 0 Å². The van der Waals surface area contributed by atoms with Gasteiger partial charge < -0.3 is 10.6 Å². The van der Waals surface area contributed by atoms with Crippen molar-refractivity contribution < 1.29 is 0 Å². The van der Waals surface area contributed by atoms with E-state index in [9.17, 15) is 0 Å². The number of hydrogen-bond acceptors (Lipinski definition) is 3. The molecule has 0 saturated carbocycles. The molecule has 2 aromatic heterocycles. The van der Waals surface area contributed by atoms with Crippen molar-refractivity contribution in [1.82, 2.24) is 20.6 Å². The first-order valence-corrected chi connectivity index (χ1v) is 6.55. The largest absolute Gasteiger partial charge is 0.351 e. The van der Waals surface area contributed by atoms with E-state index in [2.05, 4.69) is 25.6 Å². The zero-order valence-electron chi connectivity index (χ0n) is 12.2. The highest BCUT2D eigenvalue weighted by atomic mass is 127. The van der Waals surface area contributed by atoms with Gasteiger partial charge in [0.15, 0.2) is 5.96 Å². The summed E-state index contributed by atoms with van der Waals surface area (Å²) in [4.78, 5) is 12.9. The maximum Gasteiger partial charge on any atom is 0.191 e. The van der Waals surface area contributed by atoms with Crippen molar-refractivity contribution in [3.05, 3.63) is 59.7 Å². The zero-order valence-corrected chi connectivity index (χ0v) is 14.5. The molecule has 21 heavy (non-hydrogen) atoms. The molecule has 0 bridgehead atoms. The number of halogens is 1. The first kappa shape index (κ1) is 17.4. The summed E-state index contributed by atoms with van der Waals surface area (Å²) in [5, 5.41) is 6.45. The van der Waals surface area contributed by atoms with Crippen LogP contribution in [0.2, 0.25) is 0 Å². The summed E-state index contributed by atoms with van der Waals surface area (Å²) in [5.74, 6) is 0.735. The van der Waals surface area contributed by atoms with Crippen molar-refractivity contribution in [2.24, 2.45) is 4.99 Å². The van der Waals surface area contributed by atoms with E-state index in [-0.39, 0.29) is 24.0 Å². The van der Waals surface area contributed by atoms with Crippen LogP contribution in [0.25, 0.3) is 0 Å². The van der Waals surface area contributed by atoms with Gasteiger partial charge in [0, 0.05) is 18.9 Å². The summed E-state index contributed by atoms with van der Waals surface area (Å²) in [6.45, 7) is 3.27. The average molecular weight is 397 g/mol. The van der Waals surface area contributed by atoms with Crippen LogP contribution in [0.5, 0.6) is 0 Å². The summed E-state index contributed by atoms with van der Waals surface area (Å²) in [5.41, 5.74) is 2.98. The summed E-state index contributed by atoms with van der Waals surface area (Å²) in [6.07, 6.45) is 1.78. The third-order valence-corrected chi connectivity index (χ3v) is 2.77. The number of pyridine rings is 2. The van der Waals surface area contributed by atoms with Crippen molar-refractivity contribution in [3.63, 3.8) is 0 Å². The quantitative estimate of drug-likeness (QED) is 0.472. The number of nitrogens with one attached hydrogen (secondary N) is 2. The molecule has 2 aromatic rings. The Bertz CT molecular complexity index is 571. The molecule has 0 radical (unpaired) electrons. The summed E-state index contributed by atoms with van der Waals surface area (Å²) in [7, 11) is 1.75. The second-order valence-corrected chi connectivity index (χ2v) is 4.37. The fourth-order valence-corrected chi connectivity index (χ4v) is 1.77. The van der Waals surface area contributed by atoms with E-state index >= 15 is 0 Å². The van der Waals surface area contributed by atoms with Gasteiger partial charge in [0.05, 0.1) is 24.5 Å². The fraction of sp³-hybridized carbons (Fsp3) is 0.267. The van der Waals surface area contributed by atoms with Gasteiger partial charge in [-0.3, -0.25) is 15.0 Å². The number of aliphatic imine (C=N–C) groups is 1. The first-order chi connectivity index (χ1) is 9.78. The average Bonchev–Trinajstić information content (AvgIpc) is 2.48. The molecule has 0 aliphatic rings. The third-order valence-electron chi connectivity index (χ3n) is 2.77. The van der Waals surface area contributed by atoms with Crippen LogP contribution in [0.15, 0.2) is 47.6 Å². The molecular weight excluding hydrogens is 377 g/mol. The molecular formula is C15H20IN5. The Morgan fingerprint density at radius 2 is 1.76 bits per heavy atom. The Kier molecular flexibility index (Phi) is 7.66. The topological polar surface area (TPSA) is 62.2 Å². The lowest BCUT2D eigenvalue weighted by atomic mass is 10.3. The van der Waals surface area contributed by atoms with Crippen molar-refractivity contribution in [2.45, 2.75) is 20.0 Å². The van der Waals surface area contributed by atoms with Gasteiger partial charge in [0.1, 0.15) is 0 Å². The standard InChI is InChI=1S/C15H19N5.HI/c1-12-6-5-8-14(20-12)11-19-15(16-2)18-10-13-7-3-4-9-17-13;/h3-9H,10-11H2,1-2H3,(H2,16,18,19);1H.